The van der Waals surface area contributed by atoms with Gasteiger partial charge in [-0.25, -0.2) is 4.79 Å². The molecule has 0 bridgehead atoms. The van der Waals surface area contributed by atoms with Crippen molar-refractivity contribution in [2.45, 2.75) is 46.5 Å². The largest absolute Gasteiger partial charge is 0.478 e. The van der Waals surface area contributed by atoms with Crippen LogP contribution in [0, 0.1) is 17.8 Å². The van der Waals surface area contributed by atoms with Crippen LogP contribution >= 0.6 is 0 Å². The zero-order valence-corrected chi connectivity index (χ0v) is 9.91. The normalized spacial score (nSPS) is 31.8. The molecule has 1 saturated carbocycles. The van der Waals surface area contributed by atoms with Crippen LogP contribution in [0.2, 0.25) is 0 Å². The predicted octanol–water partition coefficient (Wildman–Crippen LogP) is 4.04. The van der Waals surface area contributed by atoms with Crippen molar-refractivity contribution in [3.8, 4) is 0 Å². The predicted molar refractivity (Wildman–Crippen MR) is 70.8 cm³/mol. The summed E-state index contributed by atoms with van der Waals surface area (Å²) in [6.45, 7) is 5.92. The summed E-state index contributed by atoms with van der Waals surface area (Å²) < 4.78 is 0. The van der Waals surface area contributed by atoms with E-state index in [1.54, 1.807) is 0 Å². The van der Waals surface area contributed by atoms with Crippen molar-refractivity contribution >= 4 is 5.97 Å². The molecule has 1 N–H and O–H groups in total. The molecule has 0 saturated heterocycles. The zero-order valence-electron chi connectivity index (χ0n) is 9.91. The molecule has 2 nitrogen and oxygen atoms in total. The lowest BCUT2D eigenvalue weighted by Gasteiger charge is -2.39. The lowest BCUT2D eigenvalue weighted by molar-refractivity contribution is -0.133. The molecule has 1 fully saturated rings. The second-order valence-corrected chi connectivity index (χ2v) is 5.26. The van der Waals surface area contributed by atoms with E-state index < -0.39 is 5.97 Å². The van der Waals surface area contributed by atoms with Crippen molar-refractivity contribution in [3.05, 3.63) is 23.8 Å². The first-order chi connectivity index (χ1) is 7.59. The Kier molecular flexibility index (Phi) is 4.55. The maximum absolute atomic E-state index is 11.0. The van der Waals surface area contributed by atoms with Crippen LogP contribution in [0.3, 0.4) is 0 Å². The minimum atomic E-state index is -0.817. The van der Waals surface area contributed by atoms with Crippen molar-refractivity contribution in [1.82, 2.24) is 0 Å². The molecule has 17 heavy (non-hydrogen) atoms. The highest BCUT2D eigenvalue weighted by atomic mass is 16.4. The first-order valence-electron chi connectivity index (χ1n) is 6.19. The number of fused-ring (bicyclic) bond motifs is 1. The summed E-state index contributed by atoms with van der Waals surface area (Å²) in [4.78, 5) is 11.0. The van der Waals surface area contributed by atoms with Crippen LogP contribution in [0.15, 0.2) is 23.8 Å². The molecule has 1 unspecified atom stereocenters. The number of hydrogen-bond acceptors (Lipinski definition) is 1. The molecule has 0 spiro atoms. The van der Waals surface area contributed by atoms with E-state index in [0.717, 1.165) is 12.8 Å². The molecule has 0 amide bonds. The lowest BCUT2D eigenvalue weighted by atomic mass is 9.65. The molecular weight excluding hydrogens is 212 g/mol. The molecule has 2 heteroatoms. The van der Waals surface area contributed by atoms with Gasteiger partial charge in [0.1, 0.15) is 0 Å². The molecule has 96 valence electrons. The molecule has 0 radical (unpaired) electrons. The van der Waals surface area contributed by atoms with Crippen LogP contribution in [0.4, 0.5) is 0 Å². The highest BCUT2D eigenvalue weighted by molar-refractivity contribution is 5.86. The summed E-state index contributed by atoms with van der Waals surface area (Å²) in [7, 11) is 0. The molecule has 2 aliphatic carbocycles. The minimum absolute atomic E-state index is 0. The van der Waals surface area contributed by atoms with Gasteiger partial charge in [0.25, 0.3) is 0 Å². The van der Waals surface area contributed by atoms with Crippen LogP contribution in [0.1, 0.15) is 46.5 Å². The number of carbonyl (C=O) groups is 1. The highest BCUT2D eigenvalue weighted by Crippen LogP contribution is 2.44. The molecule has 2 aliphatic rings. The van der Waals surface area contributed by atoms with E-state index in [9.17, 15) is 4.79 Å². The fourth-order valence-electron chi connectivity index (χ4n) is 3.29. The summed E-state index contributed by atoms with van der Waals surface area (Å²) in [6, 6.07) is 0. The van der Waals surface area contributed by atoms with Gasteiger partial charge in [-0.3, -0.25) is 0 Å². The fourth-order valence-corrected chi connectivity index (χ4v) is 3.29. The van der Waals surface area contributed by atoms with Gasteiger partial charge in [0, 0.05) is 5.57 Å². The number of aliphatic carboxylic acids is 1. The summed E-state index contributed by atoms with van der Waals surface area (Å²) in [6.07, 6.45) is 8.15. The summed E-state index contributed by atoms with van der Waals surface area (Å²) in [5.41, 5.74) is 1.84. The Hall–Kier alpha value is -1.05. The van der Waals surface area contributed by atoms with Gasteiger partial charge in [0.05, 0.1) is 0 Å². The molecule has 0 aromatic heterocycles. The van der Waals surface area contributed by atoms with Crippen LogP contribution in [0.5, 0.6) is 0 Å². The van der Waals surface area contributed by atoms with Gasteiger partial charge in [0.2, 0.25) is 0 Å². The van der Waals surface area contributed by atoms with Gasteiger partial charge in [-0.2, -0.15) is 0 Å². The second-order valence-electron chi connectivity index (χ2n) is 5.26. The fraction of sp³-hybridized carbons (Fsp3) is 0.667. The molecule has 0 heterocycles. The van der Waals surface area contributed by atoms with E-state index in [1.807, 2.05) is 0 Å². The highest BCUT2D eigenvalue weighted by Gasteiger charge is 2.36. The first-order valence-corrected chi connectivity index (χ1v) is 6.19. The van der Waals surface area contributed by atoms with Gasteiger partial charge >= 0.3 is 5.97 Å². The van der Waals surface area contributed by atoms with Gasteiger partial charge in [0.15, 0.2) is 0 Å². The van der Waals surface area contributed by atoms with E-state index in [-0.39, 0.29) is 13.3 Å². The van der Waals surface area contributed by atoms with Crippen molar-refractivity contribution in [1.29, 1.82) is 0 Å². The van der Waals surface area contributed by atoms with Crippen molar-refractivity contribution < 1.29 is 9.90 Å². The number of hydrogen-bond donors (Lipinski definition) is 1. The SMILES string of the molecule is C.C=C(C(=O)O)[C@@H]1CCC[C@@H]2CCC(C)=CC21. The van der Waals surface area contributed by atoms with Crippen molar-refractivity contribution in [2.24, 2.45) is 17.8 Å². The summed E-state index contributed by atoms with van der Waals surface area (Å²) >= 11 is 0. The third-order valence-corrected chi connectivity index (χ3v) is 4.21. The number of carboxylic acid groups (broad SMARTS) is 1. The van der Waals surface area contributed by atoms with Crippen LogP contribution in [-0.4, -0.2) is 11.1 Å². The van der Waals surface area contributed by atoms with Crippen molar-refractivity contribution in [2.75, 3.05) is 0 Å². The maximum atomic E-state index is 11.0. The lowest BCUT2D eigenvalue weighted by Crippen LogP contribution is -2.32. The number of allylic oxidation sites excluding steroid dienone is 2. The Balaban J connectivity index is 0.00000144. The van der Waals surface area contributed by atoms with Gasteiger partial charge in [-0.05, 0) is 50.4 Å². The second kappa shape index (κ2) is 5.52. The van der Waals surface area contributed by atoms with Gasteiger partial charge < -0.3 is 5.11 Å². The molecule has 0 aliphatic heterocycles. The van der Waals surface area contributed by atoms with E-state index in [0.29, 0.717) is 17.4 Å². The average molecular weight is 236 g/mol. The first kappa shape index (κ1) is 14.0. The van der Waals surface area contributed by atoms with E-state index >= 15 is 0 Å². The molecule has 0 aromatic rings. The van der Waals surface area contributed by atoms with Gasteiger partial charge in [-0.15, -0.1) is 0 Å². The standard InChI is InChI=1S/C14H20O2.CH4/c1-9-6-7-11-4-3-5-12(13(11)8-9)10(2)14(15)16;/h8,11-13H,2-7H2,1H3,(H,15,16);1H4/t11-,12+,13?;/m1./s1. The van der Waals surface area contributed by atoms with E-state index in [1.165, 1.54) is 24.8 Å². The van der Waals surface area contributed by atoms with Crippen LogP contribution in [0.25, 0.3) is 0 Å². The Morgan fingerprint density at radius 2 is 2.12 bits per heavy atom. The topological polar surface area (TPSA) is 37.3 Å². The molecular formula is C15H24O2. The van der Waals surface area contributed by atoms with E-state index in [2.05, 4.69) is 19.6 Å². The van der Waals surface area contributed by atoms with Crippen molar-refractivity contribution in [3.63, 3.8) is 0 Å². The third kappa shape index (κ3) is 2.80. The Bertz CT molecular complexity index is 341. The number of rotatable bonds is 2. The zero-order chi connectivity index (χ0) is 11.7. The quantitative estimate of drug-likeness (QED) is 0.580. The van der Waals surface area contributed by atoms with Gasteiger partial charge in [-0.1, -0.05) is 32.1 Å². The summed E-state index contributed by atoms with van der Waals surface area (Å²) in [5.74, 6) is 0.485. The molecule has 0 aromatic carbocycles. The molecule has 2 rings (SSSR count). The van der Waals surface area contributed by atoms with Crippen LogP contribution in [-0.2, 0) is 4.79 Å². The Labute approximate surface area is 104 Å². The molecule has 3 atom stereocenters. The Morgan fingerprint density at radius 1 is 1.41 bits per heavy atom. The monoisotopic (exact) mass is 236 g/mol. The third-order valence-electron chi connectivity index (χ3n) is 4.21. The summed E-state index contributed by atoms with van der Waals surface area (Å²) in [5, 5.41) is 9.07. The maximum Gasteiger partial charge on any atom is 0.331 e. The Morgan fingerprint density at radius 3 is 2.76 bits per heavy atom. The van der Waals surface area contributed by atoms with Crippen LogP contribution < -0.4 is 0 Å². The van der Waals surface area contributed by atoms with E-state index in [4.69, 9.17) is 5.11 Å². The minimum Gasteiger partial charge on any atom is -0.478 e. The smallest absolute Gasteiger partial charge is 0.331 e. The average Bonchev–Trinajstić information content (AvgIpc) is 2.27. The number of carboxylic acids is 1.